The number of carbonyl (C=O) groups excluding carboxylic acids is 1. The van der Waals surface area contributed by atoms with Gasteiger partial charge in [-0.3, -0.25) is 9.36 Å². The van der Waals surface area contributed by atoms with Crippen LogP contribution in [0.5, 0.6) is 17.2 Å². The van der Waals surface area contributed by atoms with E-state index in [0.717, 1.165) is 0 Å². The van der Waals surface area contributed by atoms with E-state index in [1.807, 2.05) is 6.07 Å². The number of aromatic nitrogens is 1. The summed E-state index contributed by atoms with van der Waals surface area (Å²) < 4.78 is 22.5. The molecule has 0 radical (unpaired) electrons. The minimum Gasteiger partial charge on any atom is -0.493 e. The van der Waals surface area contributed by atoms with Crippen molar-refractivity contribution in [1.29, 1.82) is 0 Å². The number of methoxy groups -OCH3 is 3. The van der Waals surface area contributed by atoms with Gasteiger partial charge in [-0.25, -0.2) is 4.79 Å². The quantitative estimate of drug-likeness (QED) is 0.586. The first-order valence-corrected chi connectivity index (χ1v) is 8.91. The number of hydrogen-bond donors (Lipinski definition) is 1. The molecule has 1 aromatic heterocycles. The molecular weight excluding hydrogens is 376 g/mol. The molecule has 0 spiro atoms. The van der Waals surface area contributed by atoms with Crippen molar-refractivity contribution in [2.75, 3.05) is 27.9 Å². The Labute approximate surface area is 167 Å². The minimum atomic E-state index is -0.451. The molecule has 3 rings (SSSR count). The van der Waals surface area contributed by atoms with Crippen molar-refractivity contribution >= 4 is 23.1 Å². The Kier molecular flexibility index (Phi) is 6.23. The minimum absolute atomic E-state index is 0.280. The number of oxazole rings is 1. The van der Waals surface area contributed by atoms with Crippen molar-refractivity contribution in [3.05, 3.63) is 58.6 Å². The fourth-order valence-corrected chi connectivity index (χ4v) is 2.95. The highest BCUT2D eigenvalue weighted by molar-refractivity contribution is 5.91. The Hall–Kier alpha value is -3.68. The van der Waals surface area contributed by atoms with E-state index in [4.69, 9.17) is 18.6 Å². The number of fused-ring (bicyclic) bond motifs is 1. The van der Waals surface area contributed by atoms with E-state index >= 15 is 0 Å². The van der Waals surface area contributed by atoms with Gasteiger partial charge in [-0.2, -0.15) is 0 Å². The summed E-state index contributed by atoms with van der Waals surface area (Å²) in [4.78, 5) is 24.1. The van der Waals surface area contributed by atoms with Crippen LogP contribution in [0, 0.1) is 0 Å². The lowest BCUT2D eigenvalue weighted by molar-refractivity contribution is -0.116. The van der Waals surface area contributed by atoms with Crippen LogP contribution < -0.4 is 25.3 Å². The maximum atomic E-state index is 12.1. The summed E-state index contributed by atoms with van der Waals surface area (Å²) in [5, 5.41) is 2.75. The number of carbonyl (C=O) groups is 1. The van der Waals surface area contributed by atoms with Crippen molar-refractivity contribution < 1.29 is 23.4 Å². The van der Waals surface area contributed by atoms with Gasteiger partial charge in [0, 0.05) is 19.2 Å². The standard InChI is InChI=1S/C21H22N2O6/c1-26-17-12-14(13-18(27-2)20(17)28-3)8-9-19(24)22-10-11-23-15-6-4-5-7-16(15)29-21(23)25/h4-9,12-13H,10-11H2,1-3H3,(H,22,24)/b9-8+. The second-order valence-electron chi connectivity index (χ2n) is 6.07. The Morgan fingerprint density at radius 1 is 1.10 bits per heavy atom. The van der Waals surface area contributed by atoms with E-state index in [1.165, 1.54) is 32.0 Å². The molecule has 152 valence electrons. The third-order valence-electron chi connectivity index (χ3n) is 4.32. The summed E-state index contributed by atoms with van der Waals surface area (Å²) in [5.74, 6) is 0.735. The van der Waals surface area contributed by atoms with E-state index in [-0.39, 0.29) is 12.5 Å². The number of benzene rings is 2. The molecule has 0 saturated heterocycles. The molecule has 0 aliphatic rings. The molecule has 0 aliphatic heterocycles. The van der Waals surface area contributed by atoms with Gasteiger partial charge in [0.25, 0.3) is 0 Å². The molecule has 1 heterocycles. The highest BCUT2D eigenvalue weighted by Gasteiger charge is 2.12. The first-order chi connectivity index (χ1) is 14.1. The number of amides is 1. The highest BCUT2D eigenvalue weighted by Crippen LogP contribution is 2.38. The molecule has 2 aromatic carbocycles. The van der Waals surface area contributed by atoms with Gasteiger partial charge < -0.3 is 23.9 Å². The van der Waals surface area contributed by atoms with E-state index in [9.17, 15) is 9.59 Å². The van der Waals surface area contributed by atoms with Crippen LogP contribution in [-0.4, -0.2) is 38.3 Å². The maximum absolute atomic E-state index is 12.1. The molecule has 29 heavy (non-hydrogen) atoms. The summed E-state index contributed by atoms with van der Waals surface area (Å²) in [5.41, 5.74) is 1.93. The Morgan fingerprint density at radius 3 is 2.45 bits per heavy atom. The van der Waals surface area contributed by atoms with E-state index in [1.54, 1.807) is 36.4 Å². The topological polar surface area (TPSA) is 91.9 Å². The van der Waals surface area contributed by atoms with Crippen LogP contribution in [-0.2, 0) is 11.3 Å². The summed E-state index contributed by atoms with van der Waals surface area (Å²) in [6.45, 7) is 0.585. The van der Waals surface area contributed by atoms with Crippen LogP contribution in [0.1, 0.15) is 5.56 Å². The first kappa shape index (κ1) is 20.1. The van der Waals surface area contributed by atoms with E-state index in [2.05, 4.69) is 5.32 Å². The lowest BCUT2D eigenvalue weighted by Gasteiger charge is -2.12. The smallest absolute Gasteiger partial charge is 0.420 e. The number of para-hydroxylation sites is 2. The van der Waals surface area contributed by atoms with Crippen molar-refractivity contribution in [3.63, 3.8) is 0 Å². The molecule has 1 amide bonds. The van der Waals surface area contributed by atoms with E-state index < -0.39 is 5.76 Å². The fraction of sp³-hybridized carbons (Fsp3) is 0.238. The normalized spacial score (nSPS) is 11.0. The molecule has 0 atom stereocenters. The Morgan fingerprint density at radius 2 is 1.79 bits per heavy atom. The van der Waals surface area contributed by atoms with Crippen LogP contribution >= 0.6 is 0 Å². The zero-order valence-electron chi connectivity index (χ0n) is 16.4. The van der Waals surface area contributed by atoms with Crippen LogP contribution in [0.2, 0.25) is 0 Å². The third-order valence-corrected chi connectivity index (χ3v) is 4.32. The largest absolute Gasteiger partial charge is 0.493 e. The number of ether oxygens (including phenoxy) is 3. The molecule has 0 fully saturated rings. The zero-order chi connectivity index (χ0) is 20.8. The van der Waals surface area contributed by atoms with Crippen LogP contribution in [0.25, 0.3) is 17.2 Å². The summed E-state index contributed by atoms with van der Waals surface area (Å²) in [6.07, 6.45) is 3.04. The van der Waals surface area contributed by atoms with Gasteiger partial charge in [0.05, 0.1) is 26.8 Å². The number of rotatable bonds is 8. The fourth-order valence-electron chi connectivity index (χ4n) is 2.95. The van der Waals surface area contributed by atoms with Crippen molar-refractivity contribution in [1.82, 2.24) is 9.88 Å². The second kappa shape index (κ2) is 9.01. The molecule has 0 saturated carbocycles. The van der Waals surface area contributed by atoms with Gasteiger partial charge >= 0.3 is 5.76 Å². The summed E-state index contributed by atoms with van der Waals surface area (Å²) >= 11 is 0. The van der Waals surface area contributed by atoms with Gasteiger partial charge in [-0.15, -0.1) is 0 Å². The third kappa shape index (κ3) is 4.43. The van der Waals surface area contributed by atoms with Gasteiger partial charge in [0.1, 0.15) is 0 Å². The molecule has 8 nitrogen and oxygen atoms in total. The Bertz CT molecular complexity index is 1070. The number of hydrogen-bond acceptors (Lipinski definition) is 6. The monoisotopic (exact) mass is 398 g/mol. The lowest BCUT2D eigenvalue weighted by atomic mass is 10.1. The van der Waals surface area contributed by atoms with Crippen molar-refractivity contribution in [2.24, 2.45) is 0 Å². The maximum Gasteiger partial charge on any atom is 0.420 e. The second-order valence-corrected chi connectivity index (χ2v) is 6.07. The molecule has 3 aromatic rings. The van der Waals surface area contributed by atoms with Crippen LogP contribution in [0.4, 0.5) is 0 Å². The van der Waals surface area contributed by atoms with E-state index in [0.29, 0.717) is 40.5 Å². The SMILES string of the molecule is COc1cc(/C=C/C(=O)NCCn2c(=O)oc3ccccc32)cc(OC)c1OC. The summed E-state index contributed by atoms with van der Waals surface area (Å²) in [7, 11) is 4.58. The van der Waals surface area contributed by atoms with Gasteiger partial charge in [0.2, 0.25) is 11.7 Å². The highest BCUT2D eigenvalue weighted by atomic mass is 16.5. The molecule has 0 bridgehead atoms. The van der Waals surface area contributed by atoms with Crippen LogP contribution in [0.15, 0.2) is 51.7 Å². The Balaban J connectivity index is 1.64. The molecule has 0 unspecified atom stereocenters. The van der Waals surface area contributed by atoms with Crippen LogP contribution in [0.3, 0.4) is 0 Å². The molecule has 0 aliphatic carbocycles. The first-order valence-electron chi connectivity index (χ1n) is 8.91. The average molecular weight is 398 g/mol. The van der Waals surface area contributed by atoms with Gasteiger partial charge in [0.15, 0.2) is 17.1 Å². The average Bonchev–Trinajstić information content (AvgIpc) is 3.06. The zero-order valence-corrected chi connectivity index (χ0v) is 16.4. The molecule has 8 heteroatoms. The molecule has 1 N–H and O–H groups in total. The number of nitrogens with zero attached hydrogens (tertiary/aromatic N) is 1. The van der Waals surface area contributed by atoms with Gasteiger partial charge in [-0.05, 0) is 35.9 Å². The predicted octanol–water partition coefficient (Wildman–Crippen LogP) is 2.45. The predicted molar refractivity (Wildman–Crippen MR) is 109 cm³/mol. The van der Waals surface area contributed by atoms with Gasteiger partial charge in [-0.1, -0.05) is 12.1 Å². The van der Waals surface area contributed by atoms with Crippen molar-refractivity contribution in [3.8, 4) is 17.2 Å². The van der Waals surface area contributed by atoms with Crippen molar-refractivity contribution in [2.45, 2.75) is 6.54 Å². The number of nitrogens with one attached hydrogen (secondary N) is 1. The lowest BCUT2D eigenvalue weighted by Crippen LogP contribution is -2.28. The summed E-state index contributed by atoms with van der Waals surface area (Å²) in [6, 6.07) is 10.6. The molecular formula is C21H22N2O6.